The summed E-state index contributed by atoms with van der Waals surface area (Å²) in [5.74, 6) is 1.28. The van der Waals surface area contributed by atoms with Gasteiger partial charge in [0.05, 0.1) is 19.3 Å². The lowest BCUT2D eigenvalue weighted by Gasteiger charge is -2.31. The summed E-state index contributed by atoms with van der Waals surface area (Å²) >= 11 is 0. The van der Waals surface area contributed by atoms with Crippen LogP contribution in [0.25, 0.3) is 0 Å². The Morgan fingerprint density at radius 1 is 1.14 bits per heavy atom. The second kappa shape index (κ2) is 7.18. The molecule has 2 aliphatic heterocycles. The zero-order valence-corrected chi connectivity index (χ0v) is 16.2. The van der Waals surface area contributed by atoms with Crippen molar-refractivity contribution in [1.29, 1.82) is 0 Å². The molecule has 0 aliphatic carbocycles. The van der Waals surface area contributed by atoms with Crippen molar-refractivity contribution in [2.45, 2.75) is 6.04 Å². The largest absolute Gasteiger partial charge is 0.497 e. The summed E-state index contributed by atoms with van der Waals surface area (Å²) in [4.78, 5) is 30.8. The number of benzene rings is 1. The molecule has 0 spiro atoms. The first-order valence-corrected chi connectivity index (χ1v) is 9.31. The Hall–Kier alpha value is -3.03. The summed E-state index contributed by atoms with van der Waals surface area (Å²) in [6.45, 7) is 1.81. The molecule has 3 amide bonds. The van der Waals surface area contributed by atoms with Crippen LogP contribution in [0.4, 0.5) is 4.79 Å². The van der Waals surface area contributed by atoms with Gasteiger partial charge in [0.25, 0.3) is 5.91 Å². The highest BCUT2D eigenvalue weighted by Gasteiger charge is 2.50. The zero-order valence-electron chi connectivity index (χ0n) is 16.2. The van der Waals surface area contributed by atoms with Crippen LogP contribution >= 0.6 is 0 Å². The number of carbonyl (C=O) groups excluding carboxylic acids is 2. The Morgan fingerprint density at radius 3 is 2.50 bits per heavy atom. The molecule has 28 heavy (non-hydrogen) atoms. The third-order valence-corrected chi connectivity index (χ3v) is 5.69. The van der Waals surface area contributed by atoms with Gasteiger partial charge in [-0.1, -0.05) is 17.3 Å². The normalized spacial score (nSPS) is 23.6. The van der Waals surface area contributed by atoms with E-state index in [1.807, 2.05) is 34.1 Å². The minimum absolute atomic E-state index is 0.0108. The second-order valence-corrected chi connectivity index (χ2v) is 7.56. The molecule has 0 unspecified atom stereocenters. The van der Waals surface area contributed by atoms with E-state index in [0.29, 0.717) is 19.6 Å². The predicted molar refractivity (Wildman–Crippen MR) is 101 cm³/mol. The van der Waals surface area contributed by atoms with E-state index in [0.717, 1.165) is 11.3 Å². The van der Waals surface area contributed by atoms with E-state index in [9.17, 15) is 9.59 Å². The average Bonchev–Trinajstić information content (AvgIpc) is 3.42. The van der Waals surface area contributed by atoms with E-state index >= 15 is 0 Å². The highest BCUT2D eigenvalue weighted by molar-refractivity contribution is 5.91. The van der Waals surface area contributed by atoms with Gasteiger partial charge in [0.2, 0.25) is 5.76 Å². The number of rotatable bonds is 3. The van der Waals surface area contributed by atoms with Crippen molar-refractivity contribution in [3.8, 4) is 5.75 Å². The molecule has 2 aromatic rings. The average molecular weight is 384 g/mol. The number of hydrogen-bond acceptors (Lipinski definition) is 5. The van der Waals surface area contributed by atoms with Crippen LogP contribution in [0.15, 0.2) is 41.1 Å². The molecule has 3 heterocycles. The van der Waals surface area contributed by atoms with Crippen LogP contribution in [0.3, 0.4) is 0 Å². The number of urea groups is 1. The van der Waals surface area contributed by atoms with Crippen molar-refractivity contribution in [2.24, 2.45) is 11.8 Å². The first kappa shape index (κ1) is 18.3. The fourth-order valence-electron chi connectivity index (χ4n) is 4.37. The van der Waals surface area contributed by atoms with Crippen molar-refractivity contribution >= 4 is 11.9 Å². The lowest BCUT2D eigenvalue weighted by molar-refractivity contribution is 0.0725. The predicted octanol–water partition coefficient (Wildman–Crippen LogP) is 2.11. The molecule has 2 aliphatic rings. The van der Waals surface area contributed by atoms with E-state index in [1.54, 1.807) is 32.2 Å². The first-order chi connectivity index (χ1) is 13.5. The Kier molecular flexibility index (Phi) is 4.70. The van der Waals surface area contributed by atoms with Gasteiger partial charge in [-0.25, -0.2) is 4.79 Å². The smallest absolute Gasteiger partial charge is 0.320 e. The molecule has 0 radical (unpaired) electrons. The second-order valence-electron chi connectivity index (χ2n) is 7.56. The molecule has 8 nitrogen and oxygen atoms in total. The van der Waals surface area contributed by atoms with Crippen molar-refractivity contribution in [3.63, 3.8) is 0 Å². The molecule has 0 bridgehead atoms. The van der Waals surface area contributed by atoms with Gasteiger partial charge in [-0.3, -0.25) is 4.79 Å². The Labute approximate surface area is 163 Å². The maximum absolute atomic E-state index is 12.8. The molecular weight excluding hydrogens is 360 g/mol. The molecule has 1 aromatic heterocycles. The number of methoxy groups -OCH3 is 1. The Balaban J connectivity index is 1.61. The van der Waals surface area contributed by atoms with Crippen molar-refractivity contribution < 1.29 is 18.8 Å². The number of aromatic nitrogens is 1. The van der Waals surface area contributed by atoms with E-state index in [2.05, 4.69) is 5.16 Å². The summed E-state index contributed by atoms with van der Waals surface area (Å²) in [6, 6.07) is 9.31. The minimum atomic E-state index is -0.147. The maximum Gasteiger partial charge on any atom is 0.320 e. The number of amides is 3. The highest BCUT2D eigenvalue weighted by Crippen LogP contribution is 2.45. The maximum atomic E-state index is 12.8. The van der Waals surface area contributed by atoms with E-state index in [1.165, 1.54) is 6.20 Å². The van der Waals surface area contributed by atoms with Gasteiger partial charge >= 0.3 is 6.03 Å². The van der Waals surface area contributed by atoms with Crippen LogP contribution in [0, 0.1) is 11.8 Å². The lowest BCUT2D eigenvalue weighted by atomic mass is 9.89. The van der Waals surface area contributed by atoms with Gasteiger partial charge in [0.15, 0.2) is 0 Å². The first-order valence-electron chi connectivity index (χ1n) is 9.31. The number of nitrogens with zero attached hydrogens (tertiary/aromatic N) is 4. The summed E-state index contributed by atoms with van der Waals surface area (Å²) in [6.07, 6.45) is 1.47. The standard InChI is InChI=1S/C20H24N4O4/c1-22(2)20(26)24-11-14-10-23(19(25)17-8-9-21-28-17)12-16(14)18(24)13-4-6-15(27-3)7-5-13/h4-9,14,16,18H,10-12H2,1-3H3/t14-,16-,18+/m1/s1. The van der Waals surface area contributed by atoms with Crippen LogP contribution < -0.4 is 4.74 Å². The summed E-state index contributed by atoms with van der Waals surface area (Å²) in [5, 5.41) is 3.63. The number of likely N-dealkylation sites (tertiary alicyclic amines) is 2. The Morgan fingerprint density at radius 2 is 1.89 bits per heavy atom. The molecule has 0 N–H and O–H groups in total. The minimum Gasteiger partial charge on any atom is -0.497 e. The lowest BCUT2D eigenvalue weighted by Crippen LogP contribution is -2.42. The van der Waals surface area contributed by atoms with Crippen molar-refractivity contribution in [1.82, 2.24) is 19.9 Å². The molecule has 4 rings (SSSR count). The van der Waals surface area contributed by atoms with E-state index in [-0.39, 0.29) is 35.6 Å². The molecule has 2 fully saturated rings. The molecule has 0 saturated carbocycles. The zero-order chi connectivity index (χ0) is 19.8. The van der Waals surface area contributed by atoms with E-state index < -0.39 is 0 Å². The van der Waals surface area contributed by atoms with Gasteiger partial charge < -0.3 is 24.0 Å². The third-order valence-electron chi connectivity index (χ3n) is 5.69. The summed E-state index contributed by atoms with van der Waals surface area (Å²) < 4.78 is 10.3. The number of carbonyl (C=O) groups is 2. The number of fused-ring (bicyclic) bond motifs is 1. The topological polar surface area (TPSA) is 79.1 Å². The van der Waals surface area contributed by atoms with Gasteiger partial charge in [-0.05, 0) is 17.7 Å². The fourth-order valence-corrected chi connectivity index (χ4v) is 4.37. The number of hydrogen-bond donors (Lipinski definition) is 0. The quantitative estimate of drug-likeness (QED) is 0.810. The highest BCUT2D eigenvalue weighted by atomic mass is 16.5. The number of ether oxygens (including phenoxy) is 1. The summed E-state index contributed by atoms with van der Waals surface area (Å²) in [7, 11) is 5.16. The van der Waals surface area contributed by atoms with Crippen LogP contribution in [-0.2, 0) is 0 Å². The van der Waals surface area contributed by atoms with Gasteiger partial charge in [0.1, 0.15) is 5.75 Å². The SMILES string of the molecule is COc1ccc([C@H]2[C@@H]3CN(C(=O)c4ccno4)C[C@@H]3CN2C(=O)N(C)C)cc1. The molecule has 8 heteroatoms. The van der Waals surface area contributed by atoms with Crippen molar-refractivity contribution in [3.05, 3.63) is 47.9 Å². The van der Waals surface area contributed by atoms with Crippen LogP contribution in [0.2, 0.25) is 0 Å². The van der Waals surface area contributed by atoms with Gasteiger partial charge in [0, 0.05) is 51.6 Å². The third kappa shape index (κ3) is 3.08. The van der Waals surface area contributed by atoms with E-state index in [4.69, 9.17) is 9.26 Å². The van der Waals surface area contributed by atoms with Crippen molar-refractivity contribution in [2.75, 3.05) is 40.8 Å². The van der Waals surface area contributed by atoms with Crippen LogP contribution in [0.1, 0.15) is 22.2 Å². The van der Waals surface area contributed by atoms with Gasteiger partial charge in [-0.15, -0.1) is 0 Å². The van der Waals surface area contributed by atoms with Crippen LogP contribution in [0.5, 0.6) is 5.75 Å². The molecule has 3 atom stereocenters. The molecule has 2 saturated heterocycles. The monoisotopic (exact) mass is 384 g/mol. The molecule has 1 aromatic carbocycles. The molecule has 148 valence electrons. The summed E-state index contributed by atoms with van der Waals surface area (Å²) in [5.41, 5.74) is 1.05. The van der Waals surface area contributed by atoms with Crippen LogP contribution in [-0.4, -0.2) is 72.6 Å². The fraction of sp³-hybridized carbons (Fsp3) is 0.450. The van der Waals surface area contributed by atoms with Gasteiger partial charge in [-0.2, -0.15) is 0 Å². The molecular formula is C20H24N4O4. The Bertz CT molecular complexity index is 850.